The van der Waals surface area contributed by atoms with E-state index in [-0.39, 0.29) is 6.61 Å². The molecule has 0 aliphatic rings. The summed E-state index contributed by atoms with van der Waals surface area (Å²) in [6.07, 6.45) is 0. The zero-order valence-electron chi connectivity index (χ0n) is 8.94. The summed E-state index contributed by atoms with van der Waals surface area (Å²) < 4.78 is 5.58. The van der Waals surface area contributed by atoms with Crippen LogP contribution in [0.15, 0.2) is 22.7 Å². The van der Waals surface area contributed by atoms with Crippen LogP contribution in [0.2, 0.25) is 0 Å². The van der Waals surface area contributed by atoms with Crippen molar-refractivity contribution in [3.05, 3.63) is 28.2 Å². The fraction of sp³-hybridized carbons (Fsp3) is 0.273. The summed E-state index contributed by atoms with van der Waals surface area (Å²) in [4.78, 5) is 10.2. The Morgan fingerprint density at radius 1 is 1.59 bits per heavy atom. The molecule has 0 aliphatic heterocycles. The first kappa shape index (κ1) is 13.5. The summed E-state index contributed by atoms with van der Waals surface area (Å²) in [5, 5.41) is 20.1. The van der Waals surface area contributed by atoms with Crippen LogP contribution in [0.3, 0.4) is 0 Å². The lowest BCUT2D eigenvalue weighted by atomic mass is 10.2. The van der Waals surface area contributed by atoms with Gasteiger partial charge in [0.2, 0.25) is 0 Å². The van der Waals surface area contributed by atoms with Crippen LogP contribution in [0.25, 0.3) is 0 Å². The third-order valence-corrected chi connectivity index (χ3v) is 2.55. The lowest BCUT2D eigenvalue weighted by molar-refractivity contribution is -0.142. The van der Waals surface area contributed by atoms with Crippen molar-refractivity contribution in [3.63, 3.8) is 0 Å². The van der Waals surface area contributed by atoms with Gasteiger partial charge in [0.05, 0.1) is 12.2 Å². The molecule has 0 aromatic heterocycles. The molecule has 0 radical (unpaired) electrons. The van der Waals surface area contributed by atoms with E-state index >= 15 is 0 Å². The lowest BCUT2D eigenvalue weighted by Crippen LogP contribution is -2.14. The number of hydrogen-bond donors (Lipinski definition) is 2. The van der Waals surface area contributed by atoms with Crippen LogP contribution >= 0.6 is 15.9 Å². The number of benzene rings is 1. The van der Waals surface area contributed by atoms with E-state index in [9.17, 15) is 4.79 Å². The highest BCUT2D eigenvalue weighted by atomic mass is 79.9. The summed E-state index contributed by atoms with van der Waals surface area (Å²) in [7, 11) is 0. The number of carboxylic acids is 1. The quantitative estimate of drug-likeness (QED) is 0.783. The third kappa shape index (κ3) is 4.85. The predicted molar refractivity (Wildman–Crippen MR) is 65.8 cm³/mol. The number of carbonyl (C=O) groups is 1. The number of nitrogens with one attached hydrogen (secondary N) is 1. The molecule has 2 N–H and O–H groups in total. The van der Waals surface area contributed by atoms with Gasteiger partial charge in [0, 0.05) is 16.7 Å². The van der Waals surface area contributed by atoms with Crippen LogP contribution in [0.5, 0.6) is 0 Å². The van der Waals surface area contributed by atoms with Gasteiger partial charge in [-0.3, -0.25) is 0 Å². The van der Waals surface area contributed by atoms with Crippen LogP contribution in [-0.4, -0.2) is 30.8 Å². The summed E-state index contributed by atoms with van der Waals surface area (Å²) in [5.74, 6) is -0.980. The maximum atomic E-state index is 10.2. The Morgan fingerprint density at radius 2 is 2.35 bits per heavy atom. The van der Waals surface area contributed by atoms with Gasteiger partial charge in [0.1, 0.15) is 12.7 Å². The number of aliphatic carboxylic acids is 1. The molecule has 0 spiro atoms. The van der Waals surface area contributed by atoms with Gasteiger partial charge in [0.15, 0.2) is 0 Å². The van der Waals surface area contributed by atoms with E-state index in [4.69, 9.17) is 15.1 Å². The third-order valence-electron chi connectivity index (χ3n) is 1.89. The van der Waals surface area contributed by atoms with E-state index in [1.165, 1.54) is 0 Å². The molecule has 0 fully saturated rings. The molecule has 0 saturated carbocycles. The average Bonchev–Trinajstić information content (AvgIpc) is 2.28. The van der Waals surface area contributed by atoms with E-state index in [1.54, 1.807) is 18.2 Å². The van der Waals surface area contributed by atoms with Gasteiger partial charge < -0.3 is 15.2 Å². The Morgan fingerprint density at radius 3 is 2.94 bits per heavy atom. The van der Waals surface area contributed by atoms with Crippen molar-refractivity contribution in [2.24, 2.45) is 0 Å². The molecule has 1 aromatic carbocycles. The van der Waals surface area contributed by atoms with Crippen LogP contribution in [0.4, 0.5) is 5.69 Å². The zero-order chi connectivity index (χ0) is 12.7. The van der Waals surface area contributed by atoms with Crippen LogP contribution in [0.1, 0.15) is 5.56 Å². The first-order valence-corrected chi connectivity index (χ1v) is 5.66. The SMILES string of the molecule is N#Cc1ccc(NCCOCC(=O)O)cc1Br. The summed E-state index contributed by atoms with van der Waals surface area (Å²) in [6, 6.07) is 7.31. The number of ether oxygens (including phenoxy) is 1. The molecule has 0 atom stereocenters. The topological polar surface area (TPSA) is 82.3 Å². The standard InChI is InChI=1S/C11H11BrN2O3/c12-10-5-9(2-1-8(10)6-13)14-3-4-17-7-11(15)16/h1-2,5,14H,3-4,7H2,(H,15,16). The number of nitriles is 1. The van der Waals surface area contributed by atoms with Gasteiger partial charge >= 0.3 is 5.97 Å². The highest BCUT2D eigenvalue weighted by Crippen LogP contribution is 2.20. The largest absolute Gasteiger partial charge is 0.480 e. The first-order valence-electron chi connectivity index (χ1n) is 4.86. The number of rotatable bonds is 6. The van der Waals surface area contributed by atoms with Crippen LogP contribution in [-0.2, 0) is 9.53 Å². The molecule has 0 unspecified atom stereocenters. The van der Waals surface area contributed by atoms with Crippen molar-refractivity contribution in [2.45, 2.75) is 0 Å². The second-order valence-corrected chi connectivity index (χ2v) is 4.03. The second kappa shape index (κ2) is 6.89. The maximum Gasteiger partial charge on any atom is 0.329 e. The summed E-state index contributed by atoms with van der Waals surface area (Å²) in [6.45, 7) is 0.522. The molecule has 0 saturated heterocycles. The van der Waals surface area contributed by atoms with Gasteiger partial charge in [-0.05, 0) is 34.1 Å². The first-order chi connectivity index (χ1) is 8.13. The fourth-order valence-electron chi connectivity index (χ4n) is 1.14. The highest BCUT2D eigenvalue weighted by molar-refractivity contribution is 9.10. The van der Waals surface area contributed by atoms with Gasteiger partial charge in [0.25, 0.3) is 0 Å². The minimum atomic E-state index is -0.980. The lowest BCUT2D eigenvalue weighted by Gasteiger charge is -2.07. The molecule has 0 bridgehead atoms. The normalized spacial score (nSPS) is 9.65. The molecule has 1 rings (SSSR count). The Bertz CT molecular complexity index is 443. The van der Waals surface area contributed by atoms with Gasteiger partial charge in [-0.1, -0.05) is 0 Å². The molecular formula is C11H11BrN2O3. The predicted octanol–water partition coefficient (Wildman–Crippen LogP) is 1.83. The Hall–Kier alpha value is -1.58. The van der Waals surface area contributed by atoms with Crippen molar-refractivity contribution >= 4 is 27.6 Å². The molecule has 17 heavy (non-hydrogen) atoms. The molecule has 0 heterocycles. The number of halogens is 1. The van der Waals surface area contributed by atoms with E-state index in [2.05, 4.69) is 21.2 Å². The molecule has 1 aromatic rings. The van der Waals surface area contributed by atoms with Gasteiger partial charge in [-0.25, -0.2) is 4.79 Å². The maximum absolute atomic E-state index is 10.2. The smallest absolute Gasteiger partial charge is 0.329 e. The zero-order valence-corrected chi connectivity index (χ0v) is 10.5. The monoisotopic (exact) mass is 298 g/mol. The molecule has 90 valence electrons. The summed E-state index contributed by atoms with van der Waals surface area (Å²) >= 11 is 3.28. The fourth-order valence-corrected chi connectivity index (χ4v) is 1.61. The van der Waals surface area contributed by atoms with Crippen molar-refractivity contribution in [1.29, 1.82) is 5.26 Å². The second-order valence-electron chi connectivity index (χ2n) is 3.18. The van der Waals surface area contributed by atoms with E-state index < -0.39 is 5.97 Å². The van der Waals surface area contributed by atoms with Gasteiger partial charge in [-0.2, -0.15) is 5.26 Å². The summed E-state index contributed by atoms with van der Waals surface area (Å²) in [5.41, 5.74) is 1.41. The van der Waals surface area contributed by atoms with E-state index in [1.807, 2.05) is 6.07 Å². The van der Waals surface area contributed by atoms with Crippen molar-refractivity contribution in [2.75, 3.05) is 25.1 Å². The van der Waals surface area contributed by atoms with Crippen LogP contribution < -0.4 is 5.32 Å². The molecule has 5 nitrogen and oxygen atoms in total. The van der Waals surface area contributed by atoms with Crippen molar-refractivity contribution in [3.8, 4) is 6.07 Å². The average molecular weight is 299 g/mol. The molecule has 0 aliphatic carbocycles. The minimum absolute atomic E-state index is 0.293. The molecular weight excluding hydrogens is 288 g/mol. The van der Waals surface area contributed by atoms with E-state index in [0.717, 1.165) is 10.2 Å². The number of anilines is 1. The van der Waals surface area contributed by atoms with Gasteiger partial charge in [-0.15, -0.1) is 0 Å². The van der Waals surface area contributed by atoms with Crippen molar-refractivity contribution in [1.82, 2.24) is 0 Å². The Kier molecular flexibility index (Phi) is 5.46. The highest BCUT2D eigenvalue weighted by Gasteiger charge is 2.00. The number of hydrogen-bond acceptors (Lipinski definition) is 4. The molecule has 0 amide bonds. The number of nitrogens with zero attached hydrogens (tertiary/aromatic N) is 1. The number of carboxylic acid groups (broad SMARTS) is 1. The minimum Gasteiger partial charge on any atom is -0.480 e. The Balaban J connectivity index is 2.35. The molecule has 6 heteroatoms. The van der Waals surface area contributed by atoms with Crippen LogP contribution in [0, 0.1) is 11.3 Å². The van der Waals surface area contributed by atoms with E-state index in [0.29, 0.717) is 18.7 Å². The Labute approximate surface area is 107 Å². The van der Waals surface area contributed by atoms with Crippen molar-refractivity contribution < 1.29 is 14.6 Å².